The summed E-state index contributed by atoms with van der Waals surface area (Å²) in [5.74, 6) is 0.430. The van der Waals surface area contributed by atoms with Crippen LogP contribution in [-0.2, 0) is 0 Å². The van der Waals surface area contributed by atoms with Crippen molar-refractivity contribution in [2.24, 2.45) is 5.92 Å². The van der Waals surface area contributed by atoms with Crippen LogP contribution in [0, 0.1) is 5.92 Å². The van der Waals surface area contributed by atoms with E-state index in [-0.39, 0.29) is 0 Å². The Morgan fingerprint density at radius 2 is 2.23 bits per heavy atom. The van der Waals surface area contributed by atoms with Crippen molar-refractivity contribution < 1.29 is 5.11 Å². The number of nitrogens with zero attached hydrogens (tertiary/aromatic N) is 1. The second kappa shape index (κ2) is 3.80. The predicted octanol–water partition coefficient (Wildman–Crippen LogP) is 0.337. The van der Waals surface area contributed by atoms with Crippen molar-refractivity contribution in [3.63, 3.8) is 0 Å². The molecule has 2 aliphatic rings. The van der Waals surface area contributed by atoms with Crippen LogP contribution in [0.2, 0.25) is 0 Å². The lowest BCUT2D eigenvalue weighted by atomic mass is 10.1. The van der Waals surface area contributed by atoms with Gasteiger partial charge in [-0.25, -0.2) is 0 Å². The van der Waals surface area contributed by atoms with Gasteiger partial charge in [0.25, 0.3) is 0 Å². The summed E-state index contributed by atoms with van der Waals surface area (Å²) in [6.07, 6.45) is 3.60. The molecule has 1 heterocycles. The van der Waals surface area contributed by atoms with Crippen molar-refractivity contribution in [1.82, 2.24) is 10.2 Å². The average molecular weight is 200 g/mol. The molecule has 1 aliphatic carbocycles. The van der Waals surface area contributed by atoms with E-state index >= 15 is 0 Å². The van der Waals surface area contributed by atoms with Gasteiger partial charge in [-0.3, -0.25) is 0 Å². The first-order valence-electron chi connectivity index (χ1n) is 4.96. The van der Waals surface area contributed by atoms with Gasteiger partial charge >= 0.3 is 0 Å². The first-order valence-corrected chi connectivity index (χ1v) is 5.36. The van der Waals surface area contributed by atoms with Crippen molar-refractivity contribution in [3.05, 3.63) is 0 Å². The Bertz CT molecular complexity index is 206. The summed E-state index contributed by atoms with van der Waals surface area (Å²) >= 11 is 5.26. The van der Waals surface area contributed by atoms with Gasteiger partial charge < -0.3 is 15.3 Å². The normalized spacial score (nSPS) is 27.8. The van der Waals surface area contributed by atoms with E-state index in [4.69, 9.17) is 17.3 Å². The van der Waals surface area contributed by atoms with Crippen molar-refractivity contribution in [1.29, 1.82) is 0 Å². The molecule has 0 aromatic carbocycles. The molecule has 1 saturated carbocycles. The molecule has 0 bridgehead atoms. The van der Waals surface area contributed by atoms with E-state index in [1.165, 1.54) is 12.8 Å². The van der Waals surface area contributed by atoms with Gasteiger partial charge in [0.05, 0.1) is 0 Å². The van der Waals surface area contributed by atoms with Gasteiger partial charge in [0, 0.05) is 31.7 Å². The summed E-state index contributed by atoms with van der Waals surface area (Å²) in [6.45, 7) is 2.22. The molecule has 4 heteroatoms. The van der Waals surface area contributed by atoms with Crippen molar-refractivity contribution in [3.8, 4) is 0 Å². The zero-order valence-electron chi connectivity index (χ0n) is 7.70. The highest BCUT2D eigenvalue weighted by Crippen LogP contribution is 2.21. The summed E-state index contributed by atoms with van der Waals surface area (Å²) in [4.78, 5) is 2.18. The molecule has 0 aromatic heterocycles. The number of hydrogen-bond donors (Lipinski definition) is 2. The minimum absolute atomic E-state index is 0.294. The largest absolute Gasteiger partial charge is 0.396 e. The van der Waals surface area contributed by atoms with Gasteiger partial charge in [-0.2, -0.15) is 0 Å². The average Bonchev–Trinajstić information content (AvgIpc) is 2.82. The van der Waals surface area contributed by atoms with Crippen LogP contribution in [0.3, 0.4) is 0 Å². The fourth-order valence-electron chi connectivity index (χ4n) is 1.66. The molecule has 0 amide bonds. The van der Waals surface area contributed by atoms with Crippen LogP contribution in [-0.4, -0.2) is 40.9 Å². The van der Waals surface area contributed by atoms with Crippen molar-refractivity contribution in [2.75, 3.05) is 19.7 Å². The summed E-state index contributed by atoms with van der Waals surface area (Å²) in [5.41, 5.74) is 0. The number of aliphatic hydroxyl groups is 1. The molecule has 1 atom stereocenters. The number of likely N-dealkylation sites (tertiary alicyclic amines) is 1. The van der Waals surface area contributed by atoms with E-state index < -0.39 is 0 Å². The second-order valence-corrected chi connectivity index (χ2v) is 4.39. The fourth-order valence-corrected chi connectivity index (χ4v) is 1.99. The molecule has 3 nitrogen and oxygen atoms in total. The first kappa shape index (κ1) is 9.21. The third-order valence-corrected chi connectivity index (χ3v) is 3.11. The SMILES string of the molecule is OC[C@@H]1CCN(C(=S)NC2CC2)C1. The molecule has 1 saturated heterocycles. The fraction of sp³-hybridized carbons (Fsp3) is 0.889. The van der Waals surface area contributed by atoms with E-state index in [1.54, 1.807) is 0 Å². The molecule has 0 aromatic rings. The monoisotopic (exact) mass is 200 g/mol. The molecular formula is C9H16N2OS. The lowest BCUT2D eigenvalue weighted by Gasteiger charge is -2.20. The quantitative estimate of drug-likeness (QED) is 0.630. The Balaban J connectivity index is 1.77. The Labute approximate surface area is 84.1 Å². The van der Waals surface area contributed by atoms with Crippen LogP contribution in [0.5, 0.6) is 0 Å². The van der Waals surface area contributed by atoms with Crippen LogP contribution in [0.15, 0.2) is 0 Å². The topological polar surface area (TPSA) is 35.5 Å². The highest BCUT2D eigenvalue weighted by atomic mass is 32.1. The van der Waals surface area contributed by atoms with Gasteiger partial charge in [0.2, 0.25) is 0 Å². The van der Waals surface area contributed by atoms with Gasteiger partial charge in [0.15, 0.2) is 5.11 Å². The van der Waals surface area contributed by atoms with E-state index in [0.717, 1.165) is 24.6 Å². The number of rotatable bonds is 2. The third kappa shape index (κ3) is 2.31. The molecule has 2 rings (SSSR count). The number of thiocarbonyl (C=S) groups is 1. The number of hydrogen-bond acceptors (Lipinski definition) is 2. The molecule has 13 heavy (non-hydrogen) atoms. The van der Waals surface area contributed by atoms with E-state index in [2.05, 4.69) is 10.2 Å². The van der Waals surface area contributed by atoms with Crippen LogP contribution in [0.4, 0.5) is 0 Å². The summed E-state index contributed by atoms with van der Waals surface area (Å²) in [6, 6.07) is 0.640. The van der Waals surface area contributed by atoms with E-state index in [0.29, 0.717) is 18.6 Å². The molecule has 0 radical (unpaired) electrons. The Kier molecular flexibility index (Phi) is 2.69. The maximum absolute atomic E-state index is 8.97. The smallest absolute Gasteiger partial charge is 0.169 e. The van der Waals surface area contributed by atoms with E-state index in [9.17, 15) is 0 Å². The molecule has 74 valence electrons. The number of aliphatic hydroxyl groups excluding tert-OH is 1. The number of nitrogens with one attached hydrogen (secondary N) is 1. The maximum atomic E-state index is 8.97. The minimum atomic E-state index is 0.294. The Morgan fingerprint density at radius 1 is 1.46 bits per heavy atom. The molecule has 1 aliphatic heterocycles. The standard InChI is InChI=1S/C9H16N2OS/c12-6-7-3-4-11(5-7)9(13)10-8-1-2-8/h7-8,12H,1-6H2,(H,10,13)/t7-/m1/s1. The molecule has 0 spiro atoms. The van der Waals surface area contributed by atoms with Gasteiger partial charge in [-0.15, -0.1) is 0 Å². The van der Waals surface area contributed by atoms with Gasteiger partial charge in [-0.05, 0) is 31.5 Å². The highest BCUT2D eigenvalue weighted by molar-refractivity contribution is 7.80. The maximum Gasteiger partial charge on any atom is 0.169 e. The minimum Gasteiger partial charge on any atom is -0.396 e. The van der Waals surface area contributed by atoms with Crippen LogP contribution < -0.4 is 5.32 Å². The lowest BCUT2D eigenvalue weighted by Crippen LogP contribution is -2.39. The Hall–Kier alpha value is -0.350. The second-order valence-electron chi connectivity index (χ2n) is 4.01. The zero-order chi connectivity index (χ0) is 9.26. The van der Waals surface area contributed by atoms with E-state index in [1.807, 2.05) is 0 Å². The highest BCUT2D eigenvalue weighted by Gasteiger charge is 2.27. The first-order chi connectivity index (χ1) is 6.29. The van der Waals surface area contributed by atoms with Crippen LogP contribution >= 0.6 is 12.2 Å². The Morgan fingerprint density at radius 3 is 2.77 bits per heavy atom. The van der Waals surface area contributed by atoms with Crippen LogP contribution in [0.1, 0.15) is 19.3 Å². The van der Waals surface area contributed by atoms with Crippen LogP contribution in [0.25, 0.3) is 0 Å². The summed E-state index contributed by atoms with van der Waals surface area (Å²) in [5, 5.41) is 13.2. The van der Waals surface area contributed by atoms with Crippen molar-refractivity contribution in [2.45, 2.75) is 25.3 Å². The molecular weight excluding hydrogens is 184 g/mol. The third-order valence-electron chi connectivity index (χ3n) is 2.74. The molecule has 2 N–H and O–H groups in total. The summed E-state index contributed by atoms with van der Waals surface area (Å²) < 4.78 is 0. The van der Waals surface area contributed by atoms with Gasteiger partial charge in [0.1, 0.15) is 0 Å². The lowest BCUT2D eigenvalue weighted by molar-refractivity contribution is 0.232. The molecule has 0 unspecified atom stereocenters. The van der Waals surface area contributed by atoms with Gasteiger partial charge in [-0.1, -0.05) is 0 Å². The van der Waals surface area contributed by atoms with Crippen molar-refractivity contribution >= 4 is 17.3 Å². The molecule has 2 fully saturated rings. The summed E-state index contributed by atoms with van der Waals surface area (Å²) in [7, 11) is 0. The zero-order valence-corrected chi connectivity index (χ0v) is 8.52. The predicted molar refractivity (Wildman–Crippen MR) is 55.5 cm³/mol.